The third-order valence-corrected chi connectivity index (χ3v) is 3.59. The van der Waals surface area contributed by atoms with Crippen molar-refractivity contribution in [3.8, 4) is 0 Å². The molecular weight excluding hydrogens is 252 g/mol. The zero-order chi connectivity index (χ0) is 14.1. The second kappa shape index (κ2) is 4.98. The second-order valence-corrected chi connectivity index (χ2v) is 4.84. The Kier molecular flexibility index (Phi) is 3.16. The van der Waals surface area contributed by atoms with E-state index in [1.54, 1.807) is 6.07 Å². The van der Waals surface area contributed by atoms with Gasteiger partial charge in [0.2, 0.25) is 0 Å². The van der Waals surface area contributed by atoms with Gasteiger partial charge in [-0.25, -0.2) is 4.79 Å². The molecule has 1 unspecified atom stereocenters. The zero-order valence-electron chi connectivity index (χ0n) is 11.2. The van der Waals surface area contributed by atoms with Gasteiger partial charge in [0.1, 0.15) is 6.10 Å². The van der Waals surface area contributed by atoms with Crippen molar-refractivity contribution in [2.75, 3.05) is 0 Å². The molecule has 0 amide bonds. The number of H-pyrrole nitrogens is 2. The highest BCUT2D eigenvalue weighted by Crippen LogP contribution is 2.26. The number of benzene rings is 2. The summed E-state index contributed by atoms with van der Waals surface area (Å²) in [5.74, 6) is 0. The summed E-state index contributed by atoms with van der Waals surface area (Å²) in [6, 6.07) is 13.3. The Bertz CT molecular complexity index is 801. The van der Waals surface area contributed by atoms with E-state index in [0.717, 1.165) is 28.6 Å². The summed E-state index contributed by atoms with van der Waals surface area (Å²) < 4.78 is 0. The van der Waals surface area contributed by atoms with Gasteiger partial charge in [0.15, 0.2) is 0 Å². The third kappa shape index (κ3) is 2.14. The predicted molar refractivity (Wildman–Crippen MR) is 78.8 cm³/mol. The minimum absolute atomic E-state index is 0.236. The molecule has 4 heteroatoms. The number of imidazole rings is 1. The monoisotopic (exact) mass is 268 g/mol. The van der Waals surface area contributed by atoms with Gasteiger partial charge in [-0.15, -0.1) is 0 Å². The van der Waals surface area contributed by atoms with Crippen LogP contribution in [0.15, 0.2) is 47.3 Å². The first-order chi connectivity index (χ1) is 9.69. The number of hydrogen-bond donors (Lipinski definition) is 3. The van der Waals surface area contributed by atoms with Gasteiger partial charge in [0.05, 0.1) is 11.0 Å². The summed E-state index contributed by atoms with van der Waals surface area (Å²) >= 11 is 0. The standard InChI is InChI=1S/C16H16N2O2/c1-2-10-5-3-4-6-12(10)15(19)11-7-8-13-14(9-11)18-16(20)17-13/h3-9,15,19H,2H2,1H3,(H2,17,18,20). The Morgan fingerprint density at radius 1 is 1.10 bits per heavy atom. The highest BCUT2D eigenvalue weighted by atomic mass is 16.3. The third-order valence-electron chi connectivity index (χ3n) is 3.59. The molecule has 1 aromatic heterocycles. The van der Waals surface area contributed by atoms with Crippen LogP contribution in [0, 0.1) is 0 Å². The number of rotatable bonds is 3. The van der Waals surface area contributed by atoms with Crippen LogP contribution in [0.3, 0.4) is 0 Å². The van der Waals surface area contributed by atoms with Crippen LogP contribution < -0.4 is 5.69 Å². The minimum Gasteiger partial charge on any atom is -0.384 e. The number of nitrogens with one attached hydrogen (secondary N) is 2. The molecule has 2 aromatic carbocycles. The second-order valence-electron chi connectivity index (χ2n) is 4.84. The molecule has 0 radical (unpaired) electrons. The van der Waals surface area contributed by atoms with E-state index >= 15 is 0 Å². The van der Waals surface area contributed by atoms with Crippen LogP contribution in [0.5, 0.6) is 0 Å². The van der Waals surface area contributed by atoms with Crippen molar-refractivity contribution < 1.29 is 5.11 Å². The van der Waals surface area contributed by atoms with Gasteiger partial charge in [0.25, 0.3) is 0 Å². The van der Waals surface area contributed by atoms with E-state index in [9.17, 15) is 9.90 Å². The lowest BCUT2D eigenvalue weighted by Gasteiger charge is -2.15. The van der Waals surface area contributed by atoms with Crippen LogP contribution >= 0.6 is 0 Å². The van der Waals surface area contributed by atoms with Crippen LogP contribution in [0.4, 0.5) is 0 Å². The largest absolute Gasteiger partial charge is 0.384 e. The molecule has 3 N–H and O–H groups in total. The average Bonchev–Trinajstić information content (AvgIpc) is 2.85. The summed E-state index contributed by atoms with van der Waals surface area (Å²) in [5.41, 5.74) is 4.03. The molecule has 0 aliphatic rings. The van der Waals surface area contributed by atoms with E-state index in [-0.39, 0.29) is 5.69 Å². The van der Waals surface area contributed by atoms with Crippen LogP contribution in [-0.4, -0.2) is 15.1 Å². The summed E-state index contributed by atoms with van der Waals surface area (Å²) in [7, 11) is 0. The summed E-state index contributed by atoms with van der Waals surface area (Å²) in [5, 5.41) is 10.6. The molecule has 102 valence electrons. The topological polar surface area (TPSA) is 68.9 Å². The van der Waals surface area contributed by atoms with Gasteiger partial charge in [0, 0.05) is 0 Å². The van der Waals surface area contributed by atoms with Gasteiger partial charge < -0.3 is 15.1 Å². The Labute approximate surface area is 116 Å². The fraction of sp³-hybridized carbons (Fsp3) is 0.188. The van der Waals surface area contributed by atoms with Crippen LogP contribution in [0.1, 0.15) is 29.7 Å². The van der Waals surface area contributed by atoms with Crippen LogP contribution in [0.25, 0.3) is 11.0 Å². The van der Waals surface area contributed by atoms with E-state index in [1.165, 1.54) is 0 Å². The lowest BCUT2D eigenvalue weighted by molar-refractivity contribution is 0.219. The number of fused-ring (bicyclic) bond motifs is 1. The van der Waals surface area contributed by atoms with Gasteiger partial charge in [-0.2, -0.15) is 0 Å². The van der Waals surface area contributed by atoms with Gasteiger partial charge in [-0.3, -0.25) is 0 Å². The smallest absolute Gasteiger partial charge is 0.323 e. The van der Waals surface area contributed by atoms with Crippen molar-refractivity contribution in [2.45, 2.75) is 19.4 Å². The highest BCUT2D eigenvalue weighted by molar-refractivity contribution is 5.75. The summed E-state index contributed by atoms with van der Waals surface area (Å²) in [6.07, 6.45) is 0.185. The van der Waals surface area contributed by atoms with E-state index in [0.29, 0.717) is 5.52 Å². The molecule has 0 spiro atoms. The number of aryl methyl sites for hydroxylation is 1. The summed E-state index contributed by atoms with van der Waals surface area (Å²) in [4.78, 5) is 16.7. The maximum atomic E-state index is 11.3. The number of aromatic amines is 2. The Hall–Kier alpha value is -2.33. The lowest BCUT2D eigenvalue weighted by Crippen LogP contribution is -2.03. The van der Waals surface area contributed by atoms with Crippen LogP contribution in [-0.2, 0) is 6.42 Å². The van der Waals surface area contributed by atoms with Crippen molar-refractivity contribution >= 4 is 11.0 Å². The van der Waals surface area contributed by atoms with Crippen molar-refractivity contribution in [2.24, 2.45) is 0 Å². The fourth-order valence-electron chi connectivity index (χ4n) is 2.52. The fourth-order valence-corrected chi connectivity index (χ4v) is 2.52. The SMILES string of the molecule is CCc1ccccc1C(O)c1ccc2[nH]c(=O)[nH]c2c1. The molecule has 3 rings (SSSR count). The molecule has 0 bridgehead atoms. The van der Waals surface area contributed by atoms with E-state index < -0.39 is 6.10 Å². The number of aliphatic hydroxyl groups excluding tert-OH is 1. The Morgan fingerprint density at radius 3 is 2.65 bits per heavy atom. The van der Waals surface area contributed by atoms with E-state index in [4.69, 9.17) is 0 Å². The number of hydrogen-bond acceptors (Lipinski definition) is 2. The quantitative estimate of drug-likeness (QED) is 0.683. The zero-order valence-corrected chi connectivity index (χ0v) is 11.2. The molecule has 0 fully saturated rings. The maximum absolute atomic E-state index is 11.3. The van der Waals surface area contributed by atoms with E-state index in [1.807, 2.05) is 36.4 Å². The van der Waals surface area contributed by atoms with Gasteiger partial charge in [-0.05, 0) is 35.2 Å². The van der Waals surface area contributed by atoms with Crippen molar-refractivity contribution in [1.82, 2.24) is 9.97 Å². The van der Waals surface area contributed by atoms with Gasteiger partial charge in [-0.1, -0.05) is 37.3 Å². The lowest BCUT2D eigenvalue weighted by atomic mass is 9.95. The molecule has 20 heavy (non-hydrogen) atoms. The van der Waals surface area contributed by atoms with Gasteiger partial charge >= 0.3 is 5.69 Å². The molecule has 1 heterocycles. The number of aliphatic hydroxyl groups is 1. The highest BCUT2D eigenvalue weighted by Gasteiger charge is 2.14. The predicted octanol–water partition coefficient (Wildman–Crippen LogP) is 2.50. The molecule has 0 aliphatic carbocycles. The molecule has 0 saturated carbocycles. The first-order valence-corrected chi connectivity index (χ1v) is 6.67. The minimum atomic E-state index is -0.686. The molecular formula is C16H16N2O2. The molecule has 4 nitrogen and oxygen atoms in total. The maximum Gasteiger partial charge on any atom is 0.323 e. The van der Waals surface area contributed by atoms with Crippen LogP contribution in [0.2, 0.25) is 0 Å². The first kappa shape index (κ1) is 12.7. The van der Waals surface area contributed by atoms with Crippen molar-refractivity contribution in [3.63, 3.8) is 0 Å². The average molecular weight is 268 g/mol. The summed E-state index contributed by atoms with van der Waals surface area (Å²) in [6.45, 7) is 2.07. The van der Waals surface area contributed by atoms with Crippen molar-refractivity contribution in [1.29, 1.82) is 0 Å². The van der Waals surface area contributed by atoms with E-state index in [2.05, 4.69) is 16.9 Å². The molecule has 1 atom stereocenters. The Morgan fingerprint density at radius 2 is 1.85 bits per heavy atom. The van der Waals surface area contributed by atoms with Crippen molar-refractivity contribution in [3.05, 3.63) is 69.6 Å². The first-order valence-electron chi connectivity index (χ1n) is 6.67. The Balaban J connectivity index is 2.07. The molecule has 3 aromatic rings. The number of aromatic nitrogens is 2. The molecule has 0 aliphatic heterocycles. The normalized spacial score (nSPS) is 12.7. The molecule has 0 saturated heterocycles.